The lowest BCUT2D eigenvalue weighted by atomic mass is 9.78. The highest BCUT2D eigenvalue weighted by Crippen LogP contribution is 2.40. The normalized spacial score (nSPS) is 28.8. The van der Waals surface area contributed by atoms with Crippen LogP contribution in [0, 0.1) is 11.8 Å². The van der Waals surface area contributed by atoms with Gasteiger partial charge in [-0.15, -0.1) is 0 Å². The van der Waals surface area contributed by atoms with Crippen LogP contribution in [0.15, 0.2) is 144 Å². The molecular formula is C53H59N3. The van der Waals surface area contributed by atoms with Crippen molar-refractivity contribution in [3.63, 3.8) is 0 Å². The fourth-order valence-electron chi connectivity index (χ4n) is 10.0. The Morgan fingerprint density at radius 2 is 1.48 bits per heavy atom. The molecule has 3 nitrogen and oxygen atoms in total. The zero-order valence-electron chi connectivity index (χ0n) is 33.2. The van der Waals surface area contributed by atoms with Crippen molar-refractivity contribution in [2.45, 2.75) is 121 Å². The van der Waals surface area contributed by atoms with Gasteiger partial charge in [-0.1, -0.05) is 127 Å². The number of nitrogens with zero attached hydrogens (tertiary/aromatic N) is 2. The van der Waals surface area contributed by atoms with Gasteiger partial charge in [0.15, 0.2) is 0 Å². The minimum atomic E-state index is -0.0696. The van der Waals surface area contributed by atoms with Crippen molar-refractivity contribution in [2.24, 2.45) is 16.8 Å². The van der Waals surface area contributed by atoms with Crippen LogP contribution in [0.5, 0.6) is 0 Å². The Morgan fingerprint density at radius 1 is 0.607 bits per heavy atom. The number of pyridine rings is 1. The average Bonchev–Trinajstić information content (AvgIpc) is 3.28. The molecule has 0 radical (unpaired) electrons. The van der Waals surface area contributed by atoms with Gasteiger partial charge in [-0.25, -0.2) is 0 Å². The van der Waals surface area contributed by atoms with Crippen LogP contribution >= 0.6 is 0 Å². The van der Waals surface area contributed by atoms with Crippen molar-refractivity contribution in [3.8, 4) is 0 Å². The number of aromatic nitrogens is 1. The first-order valence-corrected chi connectivity index (χ1v) is 22.0. The molecule has 1 aromatic heterocycles. The third-order valence-electron chi connectivity index (χ3n) is 13.3. The molecule has 0 fully saturated rings. The summed E-state index contributed by atoms with van der Waals surface area (Å²) >= 11 is 0. The van der Waals surface area contributed by atoms with Crippen LogP contribution in [-0.2, 0) is 0 Å². The summed E-state index contributed by atoms with van der Waals surface area (Å²) in [5.74, 6) is 1.81. The summed E-state index contributed by atoms with van der Waals surface area (Å²) in [5, 5.41) is 4.03. The van der Waals surface area contributed by atoms with Crippen molar-refractivity contribution in [1.29, 1.82) is 0 Å². The molecule has 286 valence electrons. The second-order valence-electron chi connectivity index (χ2n) is 17.0. The number of hydrogen-bond acceptors (Lipinski definition) is 3. The van der Waals surface area contributed by atoms with Crippen molar-refractivity contribution in [2.75, 3.05) is 0 Å². The smallest absolute Gasteiger partial charge is 0.140 e. The first-order valence-electron chi connectivity index (χ1n) is 22.0. The minimum absolute atomic E-state index is 0.0696. The topological polar surface area (TPSA) is 37.3 Å². The van der Waals surface area contributed by atoms with E-state index < -0.39 is 0 Å². The molecule has 0 amide bonds. The van der Waals surface area contributed by atoms with E-state index in [1.807, 2.05) is 0 Å². The molecule has 2 heterocycles. The van der Waals surface area contributed by atoms with Crippen LogP contribution in [0.3, 0.4) is 0 Å². The molecule has 5 unspecified atom stereocenters. The van der Waals surface area contributed by atoms with E-state index in [4.69, 9.17) is 9.98 Å². The Morgan fingerprint density at radius 3 is 2.27 bits per heavy atom. The van der Waals surface area contributed by atoms with Gasteiger partial charge in [0.1, 0.15) is 6.17 Å². The summed E-state index contributed by atoms with van der Waals surface area (Å²) in [4.78, 5) is 11.4. The number of benzene rings is 1. The van der Waals surface area contributed by atoms with E-state index in [0.717, 1.165) is 77.0 Å². The molecule has 1 aliphatic heterocycles. The summed E-state index contributed by atoms with van der Waals surface area (Å²) in [5.41, 5.74) is 14.8. The Balaban J connectivity index is 1.01. The largest absolute Gasteiger partial charge is 0.360 e. The summed E-state index contributed by atoms with van der Waals surface area (Å²) < 4.78 is 0. The van der Waals surface area contributed by atoms with Crippen LogP contribution in [0.2, 0.25) is 0 Å². The van der Waals surface area contributed by atoms with E-state index >= 15 is 0 Å². The lowest BCUT2D eigenvalue weighted by Crippen LogP contribution is -2.33. The highest BCUT2D eigenvalue weighted by atomic mass is 15.1. The zero-order valence-corrected chi connectivity index (χ0v) is 33.2. The molecule has 56 heavy (non-hydrogen) atoms. The van der Waals surface area contributed by atoms with Crippen LogP contribution in [0.25, 0.3) is 16.8 Å². The van der Waals surface area contributed by atoms with E-state index in [0.29, 0.717) is 17.8 Å². The van der Waals surface area contributed by atoms with Gasteiger partial charge >= 0.3 is 0 Å². The second kappa shape index (κ2) is 17.6. The molecule has 3 heteroatoms. The van der Waals surface area contributed by atoms with Crippen LogP contribution in [0.1, 0.15) is 143 Å². The number of nitrogens with one attached hydrogen (secondary N) is 1. The highest BCUT2D eigenvalue weighted by Gasteiger charge is 2.30. The number of allylic oxidation sites excluding steroid dienone is 18. The summed E-state index contributed by atoms with van der Waals surface area (Å²) in [6.45, 7) is 0. The molecule has 0 saturated heterocycles. The third kappa shape index (κ3) is 8.48. The Hall–Kier alpha value is -4.76. The van der Waals surface area contributed by atoms with Crippen molar-refractivity contribution in [1.82, 2.24) is 10.3 Å². The first-order chi connectivity index (χ1) is 27.7. The predicted octanol–water partition coefficient (Wildman–Crippen LogP) is 13.6. The molecule has 1 N–H and O–H groups in total. The zero-order chi connectivity index (χ0) is 37.5. The maximum Gasteiger partial charge on any atom is 0.140 e. The monoisotopic (exact) mass is 737 g/mol. The number of hydrogen-bond donors (Lipinski definition) is 1. The molecule has 0 bridgehead atoms. The second-order valence-corrected chi connectivity index (χ2v) is 17.0. The van der Waals surface area contributed by atoms with E-state index in [9.17, 15) is 0 Å². The minimum Gasteiger partial charge on any atom is -0.360 e. The van der Waals surface area contributed by atoms with Crippen molar-refractivity contribution < 1.29 is 0 Å². The van der Waals surface area contributed by atoms with Gasteiger partial charge < -0.3 is 5.32 Å². The van der Waals surface area contributed by atoms with Crippen LogP contribution in [0.4, 0.5) is 0 Å². The molecule has 0 saturated carbocycles. The maximum atomic E-state index is 5.77. The SMILES string of the molecule is C1=CCCC(c2ccc(C3CC=CCC3)nc2C2C=CCC(C3=NC(C4=CC=C(C5C=CCCC5)CC4)N/C(c4ccc(C5=CCCC=C5)cc4)=C\CC3)C2)=C1. The number of rotatable bonds is 8. The summed E-state index contributed by atoms with van der Waals surface area (Å²) in [7, 11) is 0. The lowest BCUT2D eigenvalue weighted by molar-refractivity contribution is 0.532. The molecule has 6 aliphatic carbocycles. The van der Waals surface area contributed by atoms with E-state index in [-0.39, 0.29) is 12.1 Å². The molecule has 0 spiro atoms. The molecule has 1 aromatic carbocycles. The lowest BCUT2D eigenvalue weighted by Gasteiger charge is -2.32. The number of aliphatic imine (C=N–C) groups is 1. The Kier molecular flexibility index (Phi) is 11.6. The average molecular weight is 738 g/mol. The van der Waals surface area contributed by atoms with Gasteiger partial charge in [0, 0.05) is 34.9 Å². The summed E-state index contributed by atoms with van der Waals surface area (Å²) in [6.07, 6.45) is 53.5. The Bertz CT molecular complexity index is 2100. The van der Waals surface area contributed by atoms with Crippen molar-refractivity contribution >= 4 is 22.6 Å². The fraction of sp³-hybridized carbons (Fsp3) is 0.396. The van der Waals surface area contributed by atoms with Gasteiger partial charge in [0.05, 0.1) is 5.69 Å². The van der Waals surface area contributed by atoms with Gasteiger partial charge in [0.25, 0.3) is 0 Å². The van der Waals surface area contributed by atoms with Gasteiger partial charge in [0.2, 0.25) is 0 Å². The molecule has 5 atom stereocenters. The van der Waals surface area contributed by atoms with Gasteiger partial charge in [-0.2, -0.15) is 0 Å². The van der Waals surface area contributed by atoms with Crippen LogP contribution in [-0.4, -0.2) is 16.9 Å². The third-order valence-corrected chi connectivity index (χ3v) is 13.3. The van der Waals surface area contributed by atoms with Crippen LogP contribution < -0.4 is 5.32 Å². The fourth-order valence-corrected chi connectivity index (χ4v) is 10.0. The standard InChI is InChI=1S/C53H59N3/c1-5-15-38(16-6-1)40-27-31-44(32-28-40)49-25-14-26-50(56-53(55-49)45-33-29-41(30-34-45)39-17-7-2-8-18-39)46-23-13-24-47(37-46)52-48(42-19-9-3-10-20-42)35-36-51(54-52)43-21-11-4-12-22-43/h3-5,7,9,11,13,15-17,19,24-25,27-29,31-33,35-36,39,43,46-47,53,55H,1-2,6,8,10,12,14,18,20-23,26,30,34,37H2/b49-25-,56-50?. The molecular weight excluding hydrogens is 679 g/mol. The summed E-state index contributed by atoms with van der Waals surface area (Å²) in [6, 6.07) is 14.0. The molecule has 9 rings (SSSR count). The maximum absolute atomic E-state index is 5.77. The Labute approximate surface area is 336 Å². The first kappa shape index (κ1) is 36.9. The molecule has 2 aromatic rings. The van der Waals surface area contributed by atoms with Crippen molar-refractivity contribution in [3.05, 3.63) is 167 Å². The highest BCUT2D eigenvalue weighted by molar-refractivity contribution is 5.88. The quantitative estimate of drug-likeness (QED) is 0.274. The molecule has 7 aliphatic rings. The van der Waals surface area contributed by atoms with E-state index in [1.54, 1.807) is 5.57 Å². The van der Waals surface area contributed by atoms with E-state index in [2.05, 4.69) is 133 Å². The predicted molar refractivity (Wildman–Crippen MR) is 237 cm³/mol. The van der Waals surface area contributed by atoms with E-state index in [1.165, 1.54) is 81.9 Å². The van der Waals surface area contributed by atoms with Gasteiger partial charge in [-0.3, -0.25) is 9.98 Å². The van der Waals surface area contributed by atoms with Gasteiger partial charge in [-0.05, 0) is 148 Å².